The standard InChI is InChI=1S/C21H45NO/c1-3-4-5-6-7-8-9-10-11-12-13-14-15-16-17-18-19-21(23)20(2)22/h20-21,23H,3-19,22H2,1-2H3/t20-,21?/m1/s1. The highest BCUT2D eigenvalue weighted by molar-refractivity contribution is 4.65. The summed E-state index contributed by atoms with van der Waals surface area (Å²) in [6.07, 6.45) is 22.8. The Hall–Kier alpha value is -0.0800. The van der Waals surface area contributed by atoms with E-state index in [1.807, 2.05) is 6.92 Å². The van der Waals surface area contributed by atoms with Crippen LogP contribution in [0.25, 0.3) is 0 Å². The zero-order valence-corrected chi connectivity index (χ0v) is 16.2. The van der Waals surface area contributed by atoms with Crippen molar-refractivity contribution in [2.24, 2.45) is 5.73 Å². The molecule has 0 bridgehead atoms. The molecule has 0 aliphatic carbocycles. The summed E-state index contributed by atoms with van der Waals surface area (Å²) in [7, 11) is 0. The highest BCUT2D eigenvalue weighted by Crippen LogP contribution is 2.14. The summed E-state index contributed by atoms with van der Waals surface area (Å²) in [5.74, 6) is 0. The lowest BCUT2D eigenvalue weighted by Gasteiger charge is -2.13. The fraction of sp³-hybridized carbons (Fsp3) is 1.00. The van der Waals surface area contributed by atoms with Crippen LogP contribution < -0.4 is 5.73 Å². The molecule has 0 rings (SSSR count). The van der Waals surface area contributed by atoms with E-state index in [9.17, 15) is 5.11 Å². The summed E-state index contributed by atoms with van der Waals surface area (Å²) in [6.45, 7) is 4.17. The summed E-state index contributed by atoms with van der Waals surface area (Å²) in [6, 6.07) is -0.0775. The number of nitrogens with two attached hydrogens (primary N) is 1. The fourth-order valence-corrected chi connectivity index (χ4v) is 3.16. The van der Waals surface area contributed by atoms with Gasteiger partial charge in [-0.1, -0.05) is 110 Å². The molecule has 3 N–H and O–H groups in total. The van der Waals surface area contributed by atoms with Crippen molar-refractivity contribution in [3.05, 3.63) is 0 Å². The molecule has 0 fully saturated rings. The van der Waals surface area contributed by atoms with Crippen LogP contribution in [0, 0.1) is 0 Å². The van der Waals surface area contributed by atoms with Crippen LogP contribution >= 0.6 is 0 Å². The first-order valence-corrected chi connectivity index (χ1v) is 10.6. The van der Waals surface area contributed by atoms with Gasteiger partial charge in [0.2, 0.25) is 0 Å². The van der Waals surface area contributed by atoms with Crippen molar-refractivity contribution in [1.82, 2.24) is 0 Å². The van der Waals surface area contributed by atoms with Crippen molar-refractivity contribution >= 4 is 0 Å². The maximum Gasteiger partial charge on any atom is 0.0688 e. The zero-order chi connectivity index (χ0) is 17.2. The Morgan fingerprint density at radius 2 is 0.913 bits per heavy atom. The van der Waals surface area contributed by atoms with Crippen LogP contribution in [0.2, 0.25) is 0 Å². The van der Waals surface area contributed by atoms with E-state index in [0.29, 0.717) is 0 Å². The summed E-state index contributed by atoms with van der Waals surface area (Å²) in [5, 5.41) is 9.62. The third kappa shape index (κ3) is 18.1. The largest absolute Gasteiger partial charge is 0.392 e. The van der Waals surface area contributed by atoms with Gasteiger partial charge in [-0.05, 0) is 13.3 Å². The monoisotopic (exact) mass is 327 g/mol. The van der Waals surface area contributed by atoms with E-state index < -0.39 is 0 Å². The van der Waals surface area contributed by atoms with Crippen LogP contribution in [0.15, 0.2) is 0 Å². The van der Waals surface area contributed by atoms with Gasteiger partial charge in [0, 0.05) is 6.04 Å². The third-order valence-electron chi connectivity index (χ3n) is 4.96. The summed E-state index contributed by atoms with van der Waals surface area (Å²) in [4.78, 5) is 0. The van der Waals surface area contributed by atoms with Crippen molar-refractivity contribution in [2.75, 3.05) is 0 Å². The second-order valence-corrected chi connectivity index (χ2v) is 7.52. The van der Waals surface area contributed by atoms with Crippen LogP contribution in [0.3, 0.4) is 0 Å². The second kappa shape index (κ2) is 18.3. The first kappa shape index (κ1) is 22.9. The molecule has 0 amide bonds. The van der Waals surface area contributed by atoms with Gasteiger partial charge in [0.25, 0.3) is 0 Å². The molecule has 0 spiro atoms. The van der Waals surface area contributed by atoms with Gasteiger partial charge in [-0.25, -0.2) is 0 Å². The molecular formula is C21H45NO. The van der Waals surface area contributed by atoms with E-state index in [1.165, 1.54) is 96.3 Å². The Kier molecular flexibility index (Phi) is 18.2. The first-order valence-electron chi connectivity index (χ1n) is 10.6. The van der Waals surface area contributed by atoms with Crippen LogP contribution in [0.4, 0.5) is 0 Å². The molecule has 0 aromatic carbocycles. The van der Waals surface area contributed by atoms with Crippen molar-refractivity contribution < 1.29 is 5.11 Å². The number of aliphatic hydroxyl groups excluding tert-OH is 1. The van der Waals surface area contributed by atoms with Gasteiger partial charge in [0.15, 0.2) is 0 Å². The van der Waals surface area contributed by atoms with E-state index >= 15 is 0 Å². The summed E-state index contributed by atoms with van der Waals surface area (Å²) in [5.41, 5.74) is 5.65. The lowest BCUT2D eigenvalue weighted by Crippen LogP contribution is -2.31. The van der Waals surface area contributed by atoms with Gasteiger partial charge in [-0.15, -0.1) is 0 Å². The van der Waals surface area contributed by atoms with E-state index in [-0.39, 0.29) is 12.1 Å². The van der Waals surface area contributed by atoms with Gasteiger partial charge >= 0.3 is 0 Å². The molecule has 2 atom stereocenters. The number of unbranched alkanes of at least 4 members (excludes halogenated alkanes) is 15. The average Bonchev–Trinajstić information content (AvgIpc) is 2.54. The molecule has 2 nitrogen and oxygen atoms in total. The molecule has 0 aliphatic heterocycles. The number of aliphatic hydroxyl groups is 1. The second-order valence-electron chi connectivity index (χ2n) is 7.52. The molecule has 0 heterocycles. The van der Waals surface area contributed by atoms with E-state index in [2.05, 4.69) is 6.92 Å². The molecule has 140 valence electrons. The Morgan fingerprint density at radius 1 is 0.609 bits per heavy atom. The van der Waals surface area contributed by atoms with Crippen molar-refractivity contribution in [1.29, 1.82) is 0 Å². The van der Waals surface area contributed by atoms with Crippen molar-refractivity contribution in [3.8, 4) is 0 Å². The lowest BCUT2D eigenvalue weighted by atomic mass is 10.0. The Labute approximate surface area is 146 Å². The van der Waals surface area contributed by atoms with Gasteiger partial charge in [0.1, 0.15) is 0 Å². The van der Waals surface area contributed by atoms with Crippen molar-refractivity contribution in [2.45, 2.75) is 135 Å². The zero-order valence-electron chi connectivity index (χ0n) is 16.2. The van der Waals surface area contributed by atoms with Crippen LogP contribution in [-0.2, 0) is 0 Å². The van der Waals surface area contributed by atoms with Gasteiger partial charge in [-0.3, -0.25) is 0 Å². The van der Waals surface area contributed by atoms with Gasteiger partial charge in [0.05, 0.1) is 6.10 Å². The molecule has 1 unspecified atom stereocenters. The lowest BCUT2D eigenvalue weighted by molar-refractivity contribution is 0.138. The molecular weight excluding hydrogens is 282 g/mol. The molecule has 0 saturated carbocycles. The molecule has 0 aromatic heterocycles. The van der Waals surface area contributed by atoms with Gasteiger partial charge in [-0.2, -0.15) is 0 Å². The van der Waals surface area contributed by atoms with E-state index in [1.54, 1.807) is 0 Å². The molecule has 0 radical (unpaired) electrons. The first-order chi connectivity index (χ1) is 11.2. The maximum absolute atomic E-state index is 9.62. The average molecular weight is 328 g/mol. The number of hydrogen-bond acceptors (Lipinski definition) is 2. The minimum Gasteiger partial charge on any atom is -0.392 e. The molecule has 0 saturated heterocycles. The quantitative estimate of drug-likeness (QED) is 0.288. The number of rotatable bonds is 18. The SMILES string of the molecule is CCCCCCCCCCCCCCCCCCC(O)[C@@H](C)N. The van der Waals surface area contributed by atoms with Gasteiger partial charge < -0.3 is 10.8 Å². The predicted octanol–water partition coefficient (Wildman–Crippen LogP) is 6.35. The normalized spacial score (nSPS) is 14.1. The van der Waals surface area contributed by atoms with E-state index in [4.69, 9.17) is 5.73 Å². The third-order valence-corrected chi connectivity index (χ3v) is 4.96. The Morgan fingerprint density at radius 3 is 1.22 bits per heavy atom. The fourth-order valence-electron chi connectivity index (χ4n) is 3.16. The van der Waals surface area contributed by atoms with Crippen LogP contribution in [-0.4, -0.2) is 17.3 Å². The maximum atomic E-state index is 9.62. The molecule has 23 heavy (non-hydrogen) atoms. The highest BCUT2D eigenvalue weighted by Gasteiger charge is 2.07. The topological polar surface area (TPSA) is 46.2 Å². The summed E-state index contributed by atoms with van der Waals surface area (Å²) >= 11 is 0. The molecule has 0 aromatic rings. The minimum absolute atomic E-state index is 0.0775. The van der Waals surface area contributed by atoms with E-state index in [0.717, 1.165) is 12.8 Å². The smallest absolute Gasteiger partial charge is 0.0688 e. The molecule has 2 heteroatoms. The van der Waals surface area contributed by atoms with Crippen LogP contribution in [0.5, 0.6) is 0 Å². The summed E-state index contributed by atoms with van der Waals surface area (Å²) < 4.78 is 0. The predicted molar refractivity (Wildman–Crippen MR) is 104 cm³/mol. The molecule has 0 aliphatic rings. The highest BCUT2D eigenvalue weighted by atomic mass is 16.3. The van der Waals surface area contributed by atoms with Crippen LogP contribution in [0.1, 0.15) is 123 Å². The number of hydrogen-bond donors (Lipinski definition) is 2. The Bertz CT molecular complexity index is 218. The van der Waals surface area contributed by atoms with Crippen molar-refractivity contribution in [3.63, 3.8) is 0 Å². The minimum atomic E-state index is -0.304. The Balaban J connectivity index is 3.03.